The first-order chi connectivity index (χ1) is 34.0. The second-order valence-electron chi connectivity index (χ2n) is 23.7. The average molecular weight is 942 g/mol. The van der Waals surface area contributed by atoms with Crippen molar-refractivity contribution in [3.05, 3.63) is 204 Å². The fourth-order valence-corrected chi connectivity index (χ4v) is 13.2. The van der Waals surface area contributed by atoms with Gasteiger partial charge >= 0.3 is 0 Å². The minimum atomic E-state index is -0.0352. The Morgan fingerprint density at radius 3 is 1.63 bits per heavy atom. The average Bonchev–Trinajstić information content (AvgIpc) is 3.74. The van der Waals surface area contributed by atoms with E-state index in [1.165, 1.54) is 93.3 Å². The van der Waals surface area contributed by atoms with Crippen molar-refractivity contribution in [1.29, 1.82) is 0 Å². The number of hydrogen-bond donors (Lipinski definition) is 0. The Bertz CT molecular complexity index is 3460. The summed E-state index contributed by atoms with van der Waals surface area (Å²) in [6, 6.07) is 69.1. The molecule has 0 N–H and O–H groups in total. The summed E-state index contributed by atoms with van der Waals surface area (Å²) in [5.41, 5.74) is 21.4. The van der Waals surface area contributed by atoms with Crippen molar-refractivity contribution < 1.29 is 0 Å². The minimum absolute atomic E-state index is 0.0140. The normalized spacial score (nSPS) is 15.5. The molecule has 0 radical (unpaired) electrons. The quantitative estimate of drug-likeness (QED) is 0.154. The monoisotopic (exact) mass is 941 g/mol. The Labute approximate surface area is 426 Å². The zero-order valence-electron chi connectivity index (χ0n) is 43.1. The van der Waals surface area contributed by atoms with E-state index in [-0.39, 0.29) is 28.4 Å². The molecule has 3 nitrogen and oxygen atoms in total. The van der Waals surface area contributed by atoms with Crippen LogP contribution in [0.5, 0.6) is 0 Å². The van der Waals surface area contributed by atoms with Gasteiger partial charge in [-0.1, -0.05) is 178 Å². The topological polar surface area (TPSA) is 9.72 Å². The fraction of sp³-hybridized carbons (Fsp3) is 0.242. The molecule has 5 heteroatoms. The third-order valence-corrected chi connectivity index (χ3v) is 17.2. The fourth-order valence-electron chi connectivity index (χ4n) is 11.9. The lowest BCUT2D eigenvalue weighted by Crippen LogP contribution is -2.61. The van der Waals surface area contributed by atoms with E-state index in [0.717, 1.165) is 29.9 Å². The van der Waals surface area contributed by atoms with Crippen molar-refractivity contribution in [2.24, 2.45) is 0 Å². The van der Waals surface area contributed by atoms with Crippen LogP contribution < -0.4 is 30.4 Å². The zero-order valence-corrected chi connectivity index (χ0v) is 43.9. The summed E-state index contributed by atoms with van der Waals surface area (Å²) in [4.78, 5) is 7.78. The van der Waals surface area contributed by atoms with Crippen molar-refractivity contribution in [3.8, 4) is 11.1 Å². The maximum absolute atomic E-state index is 2.68. The van der Waals surface area contributed by atoms with E-state index in [0.29, 0.717) is 0 Å². The number of benzene rings is 8. The SMILES string of the molecule is CC(C)(C)c1ccc(N2c3cc4c(cc3B3c5sc6ccc(C(C)(C)C)cc6c5N(c5ccccc5-c5ccccc5)c5cc(N(c6ccccc6)c6ccccc6)cc2c53)C(C)(C)CCC4(C)C)cc1. The van der Waals surface area contributed by atoms with Crippen LogP contribution in [0.25, 0.3) is 21.2 Å². The summed E-state index contributed by atoms with van der Waals surface area (Å²) in [5.74, 6) is 0. The molecule has 12 rings (SSSR count). The van der Waals surface area contributed by atoms with Crippen LogP contribution in [0, 0.1) is 0 Å². The Morgan fingerprint density at radius 1 is 0.493 bits per heavy atom. The third kappa shape index (κ3) is 7.45. The first-order valence-electron chi connectivity index (χ1n) is 25.7. The zero-order chi connectivity index (χ0) is 49.2. The number of para-hydroxylation sites is 3. The molecule has 3 heterocycles. The Balaban J connectivity index is 1.27. The Hall–Kier alpha value is -6.82. The highest BCUT2D eigenvalue weighted by atomic mass is 32.1. The van der Waals surface area contributed by atoms with Gasteiger partial charge in [-0.2, -0.15) is 0 Å². The van der Waals surface area contributed by atoms with Crippen LogP contribution in [0.15, 0.2) is 182 Å². The second-order valence-corrected chi connectivity index (χ2v) is 24.8. The summed E-state index contributed by atoms with van der Waals surface area (Å²) < 4.78 is 2.71. The van der Waals surface area contributed by atoms with Gasteiger partial charge in [0.25, 0.3) is 6.71 Å². The van der Waals surface area contributed by atoms with E-state index in [4.69, 9.17) is 0 Å². The second kappa shape index (κ2) is 16.4. The lowest BCUT2D eigenvalue weighted by molar-refractivity contribution is 0.332. The molecule has 1 aromatic heterocycles. The van der Waals surface area contributed by atoms with Gasteiger partial charge in [-0.25, -0.2) is 0 Å². The van der Waals surface area contributed by atoms with Crippen LogP contribution in [0.2, 0.25) is 0 Å². The molecule has 0 fully saturated rings. The Kier molecular flexibility index (Phi) is 10.4. The van der Waals surface area contributed by atoms with E-state index in [9.17, 15) is 0 Å². The van der Waals surface area contributed by atoms with Crippen molar-refractivity contribution in [3.63, 3.8) is 0 Å². The van der Waals surface area contributed by atoms with Crippen LogP contribution in [-0.4, -0.2) is 6.71 Å². The van der Waals surface area contributed by atoms with Gasteiger partial charge < -0.3 is 14.7 Å². The minimum Gasteiger partial charge on any atom is -0.311 e. The number of thiophene rings is 1. The molecule has 9 aromatic rings. The lowest BCUT2D eigenvalue weighted by Gasteiger charge is -2.47. The molecule has 3 aliphatic rings. The highest BCUT2D eigenvalue weighted by Gasteiger charge is 2.48. The summed E-state index contributed by atoms with van der Waals surface area (Å²) in [7, 11) is 0. The first kappa shape index (κ1) is 45.3. The van der Waals surface area contributed by atoms with Crippen molar-refractivity contribution >= 4 is 95.0 Å². The van der Waals surface area contributed by atoms with E-state index < -0.39 is 0 Å². The lowest BCUT2D eigenvalue weighted by atomic mass is 9.35. The highest BCUT2D eigenvalue weighted by molar-refractivity contribution is 7.33. The standard InChI is InChI=1S/C66H64BN3S/c1-63(2,3)44-30-33-48(34-31-44)69-56-42-53-52(65(7,8)36-37-66(53,9)10)41-54(56)67-60-57(69)39-49(68(46-24-16-12-17-25-46)47-26-18-13-19-27-47)40-58(60)70(55-29-21-20-28-50(55)43-22-14-11-15-23-43)61-51-38-45(64(4,5)6)32-35-59(51)71-62(61)67/h11-35,38-42H,36-37H2,1-10H3. The van der Waals surface area contributed by atoms with Crippen molar-refractivity contribution in [2.75, 3.05) is 14.7 Å². The van der Waals surface area contributed by atoms with Crippen molar-refractivity contribution in [2.45, 2.75) is 104 Å². The molecular formula is C66H64BN3S. The van der Waals surface area contributed by atoms with Crippen molar-refractivity contribution in [1.82, 2.24) is 0 Å². The maximum atomic E-state index is 2.68. The number of rotatable bonds is 6. The van der Waals surface area contributed by atoms with Crippen LogP contribution in [0.3, 0.4) is 0 Å². The van der Waals surface area contributed by atoms with Gasteiger partial charge in [0.1, 0.15) is 0 Å². The van der Waals surface area contributed by atoms with E-state index in [1.54, 1.807) is 0 Å². The number of anilines is 9. The molecule has 0 bridgehead atoms. The molecule has 1 aliphatic carbocycles. The number of nitrogens with zero attached hydrogens (tertiary/aromatic N) is 3. The molecule has 352 valence electrons. The predicted molar refractivity (Wildman–Crippen MR) is 309 cm³/mol. The maximum Gasteiger partial charge on any atom is 0.264 e. The molecule has 0 amide bonds. The van der Waals surface area contributed by atoms with Crippen LogP contribution >= 0.6 is 11.3 Å². The molecule has 0 atom stereocenters. The van der Waals surface area contributed by atoms with E-state index in [2.05, 4.69) is 266 Å². The van der Waals surface area contributed by atoms with Gasteiger partial charge in [0.15, 0.2) is 0 Å². The van der Waals surface area contributed by atoms with Gasteiger partial charge in [-0.15, -0.1) is 11.3 Å². The molecule has 0 spiro atoms. The highest BCUT2D eigenvalue weighted by Crippen LogP contribution is 2.54. The summed E-state index contributed by atoms with van der Waals surface area (Å²) in [6.45, 7) is 23.9. The predicted octanol–water partition coefficient (Wildman–Crippen LogP) is 17.1. The third-order valence-electron chi connectivity index (χ3n) is 16.0. The molecule has 71 heavy (non-hydrogen) atoms. The molecule has 0 saturated carbocycles. The smallest absolute Gasteiger partial charge is 0.264 e. The van der Waals surface area contributed by atoms with Gasteiger partial charge in [0.2, 0.25) is 0 Å². The van der Waals surface area contributed by atoms with Gasteiger partial charge in [-0.3, -0.25) is 0 Å². The number of fused-ring (bicyclic) bond motifs is 7. The van der Waals surface area contributed by atoms with Gasteiger partial charge in [0, 0.05) is 54.6 Å². The van der Waals surface area contributed by atoms with Crippen LogP contribution in [0.1, 0.15) is 104 Å². The molecule has 8 aromatic carbocycles. The van der Waals surface area contributed by atoms with Crippen LogP contribution in [0.4, 0.5) is 51.2 Å². The van der Waals surface area contributed by atoms with E-state index >= 15 is 0 Å². The van der Waals surface area contributed by atoms with Gasteiger partial charge in [0.05, 0.1) is 17.1 Å². The van der Waals surface area contributed by atoms with E-state index in [1.807, 2.05) is 11.3 Å². The molecule has 2 aliphatic heterocycles. The largest absolute Gasteiger partial charge is 0.311 e. The summed E-state index contributed by atoms with van der Waals surface area (Å²) in [6.07, 6.45) is 2.30. The van der Waals surface area contributed by atoms with Crippen LogP contribution in [-0.2, 0) is 21.7 Å². The summed E-state index contributed by atoms with van der Waals surface area (Å²) >= 11 is 1.99. The molecule has 0 unspecified atom stereocenters. The number of hydrogen-bond acceptors (Lipinski definition) is 4. The van der Waals surface area contributed by atoms with Gasteiger partial charge in [-0.05, 0) is 146 Å². The first-order valence-corrected chi connectivity index (χ1v) is 26.5. The summed E-state index contributed by atoms with van der Waals surface area (Å²) in [5, 5.41) is 1.31. The molecule has 0 saturated heterocycles. The Morgan fingerprint density at radius 2 is 1.03 bits per heavy atom. The molecular weight excluding hydrogens is 878 g/mol.